The second-order valence-electron chi connectivity index (χ2n) is 4.11. The summed E-state index contributed by atoms with van der Waals surface area (Å²) in [5, 5.41) is 1.99. The minimum Gasteiger partial charge on any atom is -0.497 e. The highest BCUT2D eigenvalue weighted by molar-refractivity contribution is 7.10. The topological polar surface area (TPSA) is 26.3 Å². The summed E-state index contributed by atoms with van der Waals surface area (Å²) < 4.78 is 5.19. The van der Waals surface area contributed by atoms with E-state index in [1.54, 1.807) is 18.4 Å². The first kappa shape index (κ1) is 10.5. The third-order valence-electron chi connectivity index (χ3n) is 3.17. The van der Waals surface area contributed by atoms with Crippen LogP contribution in [0.2, 0.25) is 0 Å². The maximum absolute atomic E-state index is 12.4. The van der Waals surface area contributed by atoms with E-state index in [1.807, 2.05) is 29.6 Å². The molecule has 1 aliphatic rings. The van der Waals surface area contributed by atoms with Crippen LogP contribution in [0.5, 0.6) is 5.75 Å². The Hall–Kier alpha value is -1.61. The third-order valence-corrected chi connectivity index (χ3v) is 4.15. The van der Waals surface area contributed by atoms with Gasteiger partial charge in [-0.1, -0.05) is 6.07 Å². The van der Waals surface area contributed by atoms with Crippen molar-refractivity contribution in [3.8, 4) is 5.75 Å². The van der Waals surface area contributed by atoms with Crippen LogP contribution < -0.4 is 4.74 Å². The molecule has 0 amide bonds. The van der Waals surface area contributed by atoms with Gasteiger partial charge in [-0.25, -0.2) is 0 Å². The number of methoxy groups -OCH3 is 1. The molecule has 0 spiro atoms. The molecule has 0 fully saturated rings. The summed E-state index contributed by atoms with van der Waals surface area (Å²) in [6.45, 7) is 0. The lowest BCUT2D eigenvalue weighted by molar-refractivity contribution is 0.103. The van der Waals surface area contributed by atoms with Gasteiger partial charge < -0.3 is 4.74 Å². The zero-order valence-corrected chi connectivity index (χ0v) is 10.3. The quantitative estimate of drug-likeness (QED) is 0.770. The lowest BCUT2D eigenvalue weighted by Crippen LogP contribution is -2.03. The molecule has 0 radical (unpaired) electrons. The molecule has 3 rings (SSSR count). The highest BCUT2D eigenvalue weighted by Gasteiger charge is 2.22. The van der Waals surface area contributed by atoms with Gasteiger partial charge in [-0.05, 0) is 42.0 Å². The minimum absolute atomic E-state index is 0.132. The number of hydrogen-bond acceptors (Lipinski definition) is 3. The molecule has 0 saturated heterocycles. The highest BCUT2D eigenvalue weighted by atomic mass is 32.1. The van der Waals surface area contributed by atoms with Crippen LogP contribution in [0.3, 0.4) is 0 Å². The zero-order chi connectivity index (χ0) is 11.8. The first-order valence-electron chi connectivity index (χ1n) is 5.57. The van der Waals surface area contributed by atoms with E-state index in [4.69, 9.17) is 4.74 Å². The lowest BCUT2D eigenvalue weighted by Gasteiger charge is -2.07. The van der Waals surface area contributed by atoms with Crippen molar-refractivity contribution in [2.24, 2.45) is 0 Å². The first-order valence-corrected chi connectivity index (χ1v) is 6.45. The fourth-order valence-corrected chi connectivity index (χ4v) is 3.12. The SMILES string of the molecule is COc1ccc2c(c1)C(=O)c1ccsc1CC2. The maximum Gasteiger partial charge on any atom is 0.194 e. The molecule has 1 aliphatic carbocycles. The molecule has 17 heavy (non-hydrogen) atoms. The molecule has 0 N–H and O–H groups in total. The second-order valence-corrected chi connectivity index (χ2v) is 5.11. The zero-order valence-electron chi connectivity index (χ0n) is 9.53. The van der Waals surface area contributed by atoms with E-state index < -0.39 is 0 Å². The van der Waals surface area contributed by atoms with Gasteiger partial charge in [-0.15, -0.1) is 11.3 Å². The molecule has 0 unspecified atom stereocenters. The third kappa shape index (κ3) is 1.67. The smallest absolute Gasteiger partial charge is 0.194 e. The number of hydrogen-bond donors (Lipinski definition) is 0. The monoisotopic (exact) mass is 244 g/mol. The Morgan fingerprint density at radius 1 is 1.18 bits per heavy atom. The molecule has 1 heterocycles. The molecular formula is C14H12O2S. The number of rotatable bonds is 1. The number of thiophene rings is 1. The molecule has 1 aromatic heterocycles. The van der Waals surface area contributed by atoms with Gasteiger partial charge in [-0.2, -0.15) is 0 Å². The fourth-order valence-electron chi connectivity index (χ4n) is 2.24. The van der Waals surface area contributed by atoms with Gasteiger partial charge >= 0.3 is 0 Å². The van der Waals surface area contributed by atoms with E-state index in [0.29, 0.717) is 0 Å². The standard InChI is InChI=1S/C14H12O2S/c1-16-10-4-2-9-3-5-13-11(6-7-17-13)14(15)12(9)8-10/h2,4,6-8H,3,5H2,1H3. The Morgan fingerprint density at radius 2 is 2.06 bits per heavy atom. The van der Waals surface area contributed by atoms with Crippen molar-refractivity contribution in [1.82, 2.24) is 0 Å². The normalized spacial score (nSPS) is 13.8. The van der Waals surface area contributed by atoms with Gasteiger partial charge in [0.15, 0.2) is 5.78 Å². The molecule has 1 aromatic carbocycles. The molecule has 3 heteroatoms. The van der Waals surface area contributed by atoms with Crippen molar-refractivity contribution >= 4 is 17.1 Å². The molecule has 2 nitrogen and oxygen atoms in total. The van der Waals surface area contributed by atoms with E-state index in [1.165, 1.54) is 4.88 Å². The van der Waals surface area contributed by atoms with E-state index in [0.717, 1.165) is 35.3 Å². The molecular weight excluding hydrogens is 232 g/mol. The number of carbonyl (C=O) groups is 1. The second kappa shape index (κ2) is 4.00. The van der Waals surface area contributed by atoms with Crippen LogP contribution in [0.1, 0.15) is 26.4 Å². The number of ether oxygens (including phenoxy) is 1. The summed E-state index contributed by atoms with van der Waals surface area (Å²) in [6, 6.07) is 7.70. The fraction of sp³-hybridized carbons (Fsp3) is 0.214. The Balaban J connectivity index is 2.17. The molecule has 0 aliphatic heterocycles. The van der Waals surface area contributed by atoms with Gasteiger partial charge in [0, 0.05) is 16.0 Å². The largest absolute Gasteiger partial charge is 0.497 e. The molecule has 0 saturated carbocycles. The summed E-state index contributed by atoms with van der Waals surface area (Å²) in [4.78, 5) is 13.6. The minimum atomic E-state index is 0.132. The van der Waals surface area contributed by atoms with E-state index >= 15 is 0 Å². The van der Waals surface area contributed by atoms with Crippen molar-refractivity contribution in [3.63, 3.8) is 0 Å². The summed E-state index contributed by atoms with van der Waals surface area (Å²) in [6.07, 6.45) is 1.89. The summed E-state index contributed by atoms with van der Waals surface area (Å²) in [5.41, 5.74) is 2.78. The Bertz CT molecular complexity index is 584. The predicted octanol–water partition coefficient (Wildman–Crippen LogP) is 3.09. The number of ketones is 1. The predicted molar refractivity (Wildman–Crippen MR) is 68.2 cm³/mol. The maximum atomic E-state index is 12.4. The van der Waals surface area contributed by atoms with Crippen molar-refractivity contribution in [1.29, 1.82) is 0 Å². The highest BCUT2D eigenvalue weighted by Crippen LogP contribution is 2.29. The summed E-state index contributed by atoms with van der Waals surface area (Å²) in [5.74, 6) is 0.878. The average Bonchev–Trinajstić information content (AvgIpc) is 2.79. The van der Waals surface area contributed by atoms with E-state index in [2.05, 4.69) is 0 Å². The van der Waals surface area contributed by atoms with Crippen LogP contribution in [0.4, 0.5) is 0 Å². The number of aryl methyl sites for hydroxylation is 2. The summed E-state index contributed by atoms with van der Waals surface area (Å²) in [7, 11) is 1.62. The van der Waals surface area contributed by atoms with Crippen molar-refractivity contribution < 1.29 is 9.53 Å². The van der Waals surface area contributed by atoms with Crippen LogP contribution in [0.15, 0.2) is 29.6 Å². The lowest BCUT2D eigenvalue weighted by atomic mass is 10.0. The molecule has 0 atom stereocenters. The van der Waals surface area contributed by atoms with Crippen molar-refractivity contribution in [2.45, 2.75) is 12.8 Å². The van der Waals surface area contributed by atoms with Gasteiger partial charge in [0.2, 0.25) is 0 Å². The van der Waals surface area contributed by atoms with Gasteiger partial charge in [-0.3, -0.25) is 4.79 Å². The number of fused-ring (bicyclic) bond motifs is 2. The van der Waals surface area contributed by atoms with E-state index in [9.17, 15) is 4.79 Å². The van der Waals surface area contributed by atoms with Crippen molar-refractivity contribution in [2.75, 3.05) is 7.11 Å². The Kier molecular flexibility index (Phi) is 2.48. The van der Waals surface area contributed by atoms with Crippen LogP contribution in [0.25, 0.3) is 0 Å². The molecule has 2 aromatic rings. The average molecular weight is 244 g/mol. The first-order chi connectivity index (χ1) is 8.29. The number of benzene rings is 1. The Morgan fingerprint density at radius 3 is 2.88 bits per heavy atom. The molecule has 86 valence electrons. The Labute approximate surface area is 104 Å². The van der Waals surface area contributed by atoms with Gasteiger partial charge in [0.05, 0.1) is 7.11 Å². The number of carbonyl (C=O) groups excluding carboxylic acids is 1. The van der Waals surface area contributed by atoms with Crippen LogP contribution in [0, 0.1) is 0 Å². The van der Waals surface area contributed by atoms with Crippen LogP contribution in [-0.2, 0) is 12.8 Å². The van der Waals surface area contributed by atoms with Crippen LogP contribution in [-0.4, -0.2) is 12.9 Å². The van der Waals surface area contributed by atoms with Crippen molar-refractivity contribution in [3.05, 3.63) is 51.2 Å². The summed E-state index contributed by atoms with van der Waals surface area (Å²) >= 11 is 1.67. The van der Waals surface area contributed by atoms with Crippen LogP contribution >= 0.6 is 11.3 Å². The molecule has 0 bridgehead atoms. The van der Waals surface area contributed by atoms with Gasteiger partial charge in [0.1, 0.15) is 5.75 Å². The van der Waals surface area contributed by atoms with Gasteiger partial charge in [0.25, 0.3) is 0 Å². The van der Waals surface area contributed by atoms with E-state index in [-0.39, 0.29) is 5.78 Å².